The first-order valence-electron chi connectivity index (χ1n) is 6.01. The molecule has 0 aliphatic heterocycles. The van der Waals surface area contributed by atoms with Gasteiger partial charge >= 0.3 is 0 Å². The first-order chi connectivity index (χ1) is 8.90. The first-order valence-corrected chi connectivity index (χ1v) is 6.41. The van der Waals surface area contributed by atoms with E-state index < -0.39 is 0 Å². The van der Waals surface area contributed by atoms with Gasteiger partial charge in [-0.3, -0.25) is 4.79 Å². The zero-order valence-electron chi connectivity index (χ0n) is 11.4. The van der Waals surface area contributed by atoms with Crippen LogP contribution >= 0.6 is 12.2 Å². The number of carbonyl (C=O) groups excluding carboxylic acids is 1. The average Bonchev–Trinajstić information content (AvgIpc) is 2.36. The van der Waals surface area contributed by atoms with Gasteiger partial charge in [-0.15, -0.1) is 0 Å². The maximum Gasteiger partial charge on any atom is 0.239 e. The molecule has 0 radical (unpaired) electrons. The maximum atomic E-state index is 11.7. The maximum absolute atomic E-state index is 11.7. The number of hydrogen-bond donors (Lipinski definition) is 2. The first kappa shape index (κ1) is 15.3. The molecule has 6 nitrogen and oxygen atoms in total. The van der Waals surface area contributed by atoms with Crippen LogP contribution in [0.15, 0.2) is 12.3 Å². The van der Waals surface area contributed by atoms with Crippen molar-refractivity contribution >= 4 is 29.1 Å². The monoisotopic (exact) mass is 281 g/mol. The molecule has 0 spiro atoms. The lowest BCUT2D eigenvalue weighted by molar-refractivity contribution is -0.119. The smallest absolute Gasteiger partial charge is 0.239 e. The van der Waals surface area contributed by atoms with Crippen molar-refractivity contribution in [3.8, 4) is 0 Å². The third kappa shape index (κ3) is 5.17. The molecule has 1 rings (SSSR count). The van der Waals surface area contributed by atoms with E-state index in [1.807, 2.05) is 13.8 Å². The van der Waals surface area contributed by atoms with E-state index in [2.05, 4.69) is 15.3 Å². The van der Waals surface area contributed by atoms with E-state index in [-0.39, 0.29) is 17.4 Å². The van der Waals surface area contributed by atoms with Crippen LogP contribution in [-0.4, -0.2) is 41.0 Å². The van der Waals surface area contributed by atoms with Gasteiger partial charge in [-0.25, -0.2) is 9.97 Å². The number of nitrogens with one attached hydrogen (secondary N) is 1. The van der Waals surface area contributed by atoms with E-state index in [4.69, 9.17) is 18.0 Å². The number of nitrogens with zero attached hydrogens (tertiary/aromatic N) is 3. The van der Waals surface area contributed by atoms with Crippen LogP contribution in [0.2, 0.25) is 0 Å². The van der Waals surface area contributed by atoms with E-state index in [1.54, 1.807) is 24.2 Å². The Bertz CT molecular complexity index is 463. The summed E-state index contributed by atoms with van der Waals surface area (Å²) < 4.78 is 0. The van der Waals surface area contributed by atoms with Gasteiger partial charge in [-0.1, -0.05) is 26.1 Å². The average molecular weight is 281 g/mol. The van der Waals surface area contributed by atoms with Gasteiger partial charge in [-0.2, -0.15) is 0 Å². The third-order valence-electron chi connectivity index (χ3n) is 2.32. The van der Waals surface area contributed by atoms with E-state index in [0.29, 0.717) is 24.1 Å². The number of amides is 1. The van der Waals surface area contributed by atoms with Gasteiger partial charge in [0.25, 0.3) is 0 Å². The Kier molecular flexibility index (Phi) is 5.62. The molecule has 0 saturated heterocycles. The molecule has 0 aliphatic carbocycles. The summed E-state index contributed by atoms with van der Waals surface area (Å²) in [7, 11) is 1.74. The standard InChI is InChI=1S/C12H19N5OS/c1-8(2)6-15-10(18)7-17(3)12-14-5-4-9(16-12)11(13)19/h4-5,8H,6-7H2,1-3H3,(H2,13,19)(H,15,18). The normalized spacial score (nSPS) is 10.3. The lowest BCUT2D eigenvalue weighted by Gasteiger charge is -2.17. The molecule has 1 aromatic rings. The van der Waals surface area contributed by atoms with Gasteiger partial charge in [0.15, 0.2) is 0 Å². The van der Waals surface area contributed by atoms with Crippen LogP contribution in [-0.2, 0) is 4.79 Å². The SMILES string of the molecule is CC(C)CNC(=O)CN(C)c1nccc(C(N)=S)n1. The molecule has 19 heavy (non-hydrogen) atoms. The Morgan fingerprint density at radius 2 is 2.26 bits per heavy atom. The molecule has 0 aromatic carbocycles. The van der Waals surface area contributed by atoms with Crippen LogP contribution in [0.1, 0.15) is 19.5 Å². The van der Waals surface area contributed by atoms with Gasteiger partial charge in [0.1, 0.15) is 10.7 Å². The highest BCUT2D eigenvalue weighted by atomic mass is 32.1. The Hall–Kier alpha value is -1.76. The van der Waals surface area contributed by atoms with Gasteiger partial charge in [0, 0.05) is 19.8 Å². The second-order valence-electron chi connectivity index (χ2n) is 4.66. The summed E-state index contributed by atoms with van der Waals surface area (Å²) in [5.74, 6) is 0.772. The minimum Gasteiger partial charge on any atom is -0.388 e. The lowest BCUT2D eigenvalue weighted by atomic mass is 10.2. The number of rotatable bonds is 6. The van der Waals surface area contributed by atoms with Gasteiger partial charge in [0.05, 0.1) is 6.54 Å². The topological polar surface area (TPSA) is 84.1 Å². The van der Waals surface area contributed by atoms with Crippen molar-refractivity contribution in [3.63, 3.8) is 0 Å². The van der Waals surface area contributed by atoms with Crippen molar-refractivity contribution in [3.05, 3.63) is 18.0 Å². The van der Waals surface area contributed by atoms with Crippen molar-refractivity contribution in [2.24, 2.45) is 11.7 Å². The van der Waals surface area contributed by atoms with Crippen LogP contribution in [0.5, 0.6) is 0 Å². The minimum atomic E-state index is -0.0690. The largest absolute Gasteiger partial charge is 0.388 e. The highest BCUT2D eigenvalue weighted by molar-refractivity contribution is 7.80. The number of likely N-dealkylation sites (N-methyl/N-ethyl adjacent to an activating group) is 1. The summed E-state index contributed by atoms with van der Waals surface area (Å²) in [5.41, 5.74) is 6.00. The fourth-order valence-corrected chi connectivity index (χ4v) is 1.44. The molecular formula is C12H19N5OS. The van der Waals surface area contributed by atoms with Crippen LogP contribution in [0.4, 0.5) is 5.95 Å². The molecule has 7 heteroatoms. The van der Waals surface area contributed by atoms with Crippen molar-refractivity contribution in [1.82, 2.24) is 15.3 Å². The van der Waals surface area contributed by atoms with E-state index in [0.717, 1.165) is 0 Å². The van der Waals surface area contributed by atoms with Gasteiger partial charge in [-0.05, 0) is 12.0 Å². The molecule has 0 aliphatic rings. The second-order valence-corrected chi connectivity index (χ2v) is 5.10. The van der Waals surface area contributed by atoms with Crippen molar-refractivity contribution in [2.45, 2.75) is 13.8 Å². The highest BCUT2D eigenvalue weighted by Gasteiger charge is 2.11. The summed E-state index contributed by atoms with van der Waals surface area (Å²) in [6, 6.07) is 1.64. The molecule has 1 aromatic heterocycles. The molecule has 3 N–H and O–H groups in total. The lowest BCUT2D eigenvalue weighted by Crippen LogP contribution is -2.37. The summed E-state index contributed by atoms with van der Waals surface area (Å²) in [6.07, 6.45) is 1.57. The van der Waals surface area contributed by atoms with E-state index in [9.17, 15) is 4.79 Å². The zero-order valence-corrected chi connectivity index (χ0v) is 12.2. The number of hydrogen-bond acceptors (Lipinski definition) is 5. The van der Waals surface area contributed by atoms with Gasteiger partial charge in [0.2, 0.25) is 11.9 Å². The summed E-state index contributed by atoms with van der Waals surface area (Å²) >= 11 is 4.86. The molecule has 0 atom stereocenters. The fourth-order valence-electron chi connectivity index (χ4n) is 1.33. The molecule has 1 heterocycles. The Morgan fingerprint density at radius 3 is 2.84 bits per heavy atom. The van der Waals surface area contributed by atoms with Crippen LogP contribution in [0.25, 0.3) is 0 Å². The minimum absolute atomic E-state index is 0.0690. The van der Waals surface area contributed by atoms with Crippen LogP contribution < -0.4 is 16.0 Å². The number of thiocarbonyl (C=S) groups is 1. The fraction of sp³-hybridized carbons (Fsp3) is 0.500. The van der Waals surface area contributed by atoms with Crippen molar-refractivity contribution in [2.75, 3.05) is 25.0 Å². The molecule has 0 bridgehead atoms. The predicted molar refractivity (Wildman–Crippen MR) is 79.0 cm³/mol. The predicted octanol–water partition coefficient (Wildman–Crippen LogP) is 0.319. The number of nitrogens with two attached hydrogens (primary N) is 1. The van der Waals surface area contributed by atoms with E-state index >= 15 is 0 Å². The quantitative estimate of drug-likeness (QED) is 0.731. The van der Waals surface area contributed by atoms with Crippen LogP contribution in [0, 0.1) is 5.92 Å². The second kappa shape index (κ2) is 6.98. The Morgan fingerprint density at radius 1 is 1.58 bits per heavy atom. The highest BCUT2D eigenvalue weighted by Crippen LogP contribution is 2.05. The molecule has 1 amide bonds. The third-order valence-corrected chi connectivity index (χ3v) is 2.53. The molecular weight excluding hydrogens is 262 g/mol. The van der Waals surface area contributed by atoms with Crippen molar-refractivity contribution in [1.29, 1.82) is 0 Å². The van der Waals surface area contributed by atoms with Gasteiger partial charge < -0.3 is 16.0 Å². The zero-order chi connectivity index (χ0) is 14.4. The Labute approximate surface area is 118 Å². The summed E-state index contributed by atoms with van der Waals surface area (Å²) in [4.78, 5) is 21.8. The summed E-state index contributed by atoms with van der Waals surface area (Å²) in [5, 5.41) is 2.83. The Balaban J connectivity index is 2.62. The molecule has 0 saturated carbocycles. The molecule has 0 fully saturated rings. The molecule has 104 valence electrons. The number of carbonyl (C=O) groups is 1. The number of aromatic nitrogens is 2. The molecule has 0 unspecified atom stereocenters. The van der Waals surface area contributed by atoms with Crippen molar-refractivity contribution < 1.29 is 4.79 Å². The van der Waals surface area contributed by atoms with E-state index in [1.165, 1.54) is 0 Å². The van der Waals surface area contributed by atoms with Crippen LogP contribution in [0.3, 0.4) is 0 Å². The number of anilines is 1. The summed E-state index contributed by atoms with van der Waals surface area (Å²) in [6.45, 7) is 4.92.